The number of hydrogen-bond acceptors (Lipinski definition) is 32. The van der Waals surface area contributed by atoms with E-state index in [0.29, 0.717) is 32.1 Å². The van der Waals surface area contributed by atoms with E-state index in [9.17, 15) is 89.2 Å². The van der Waals surface area contributed by atoms with Crippen LogP contribution in [0.2, 0.25) is 0 Å². The molecule has 0 aromatic heterocycles. The molecule has 626 valence electrons. The zero-order chi connectivity index (χ0) is 79.8. The van der Waals surface area contributed by atoms with Crippen LogP contribution in [0.5, 0.6) is 0 Å². The highest BCUT2D eigenvalue weighted by atomic mass is 32.5. The molecule has 4 aliphatic heterocycles. The standard InChI is InChI=1S/C66H120N9O31PS/c1-42(79)70-54-60(90)57(87)46(38-76)103-63(54)100-32-29-97-26-23-94-20-13-67-49(82)35-73(36-50(83)68-14-21-95-24-27-98-30-33-101-64-55(71-43(2)80)61(91)58(88)47(39-77)104-64)16-8-17-75(53(86)10-7-9-52(85)74-18-11-45(12-19-74)106-107(93,108)41-66(4,5)6)37-51(84)69-15-22-96-25-28-99-31-34-102-65-56(72-44(3)81)62(92)59(89)48(40-78)105-65/h45-48,54-65,76-78,87-92H,7-41H2,1-6H3,(H,67,82)(H,68,83)(H,69,84)(H,70,79)(H,71,80)(H,72,81)(H,93,108). The largest absolute Gasteiger partial charge is 0.394 e. The van der Waals surface area contributed by atoms with E-state index in [0.717, 1.165) is 0 Å². The molecule has 0 spiro atoms. The summed E-state index contributed by atoms with van der Waals surface area (Å²) in [6.45, 7) is 5.37. The van der Waals surface area contributed by atoms with Crippen LogP contribution in [0, 0.1) is 5.41 Å². The monoisotopic (exact) mass is 1600 g/mol. The van der Waals surface area contributed by atoms with Crippen molar-refractivity contribution in [1.29, 1.82) is 0 Å². The molecule has 0 aliphatic carbocycles. The van der Waals surface area contributed by atoms with E-state index in [1.807, 2.05) is 20.8 Å². The van der Waals surface area contributed by atoms with Crippen molar-refractivity contribution in [3.8, 4) is 0 Å². The highest BCUT2D eigenvalue weighted by Gasteiger charge is 2.48. The molecule has 0 bridgehead atoms. The third-order valence-electron chi connectivity index (χ3n) is 17.0. The number of aliphatic hydroxyl groups is 9. The summed E-state index contributed by atoms with van der Waals surface area (Å²) in [6, 6.07) is -3.37. The second-order valence-electron chi connectivity index (χ2n) is 27.4. The number of piperidine rings is 1. The molecule has 42 heteroatoms. The van der Waals surface area contributed by atoms with Gasteiger partial charge in [-0.25, -0.2) is 0 Å². The van der Waals surface area contributed by atoms with Gasteiger partial charge in [0.05, 0.1) is 145 Å². The molecule has 16 atom stereocenters. The van der Waals surface area contributed by atoms with E-state index in [2.05, 4.69) is 31.9 Å². The van der Waals surface area contributed by atoms with Gasteiger partial charge in [-0.15, -0.1) is 0 Å². The van der Waals surface area contributed by atoms with Crippen molar-refractivity contribution in [2.75, 3.05) is 191 Å². The second-order valence-corrected chi connectivity index (χ2v) is 30.9. The van der Waals surface area contributed by atoms with Crippen LogP contribution in [-0.2, 0) is 112 Å². The van der Waals surface area contributed by atoms with E-state index in [4.69, 9.17) is 73.2 Å². The Kier molecular flexibility index (Phi) is 46.1. The Hall–Kier alpha value is -4.55. The van der Waals surface area contributed by atoms with Gasteiger partial charge in [0.1, 0.15) is 73.1 Å². The number of nitrogens with one attached hydrogen (secondary N) is 6. The van der Waals surface area contributed by atoms with Gasteiger partial charge in [0.15, 0.2) is 25.4 Å². The molecule has 40 nitrogen and oxygen atoms in total. The molecule has 4 saturated heterocycles. The van der Waals surface area contributed by atoms with Crippen molar-refractivity contribution < 1.29 is 151 Å². The van der Waals surface area contributed by atoms with E-state index >= 15 is 0 Å². The molecule has 0 aromatic rings. The van der Waals surface area contributed by atoms with E-state index in [-0.39, 0.29) is 188 Å². The predicted octanol–water partition coefficient (Wildman–Crippen LogP) is -7.64. The Morgan fingerprint density at radius 2 is 0.824 bits per heavy atom. The highest BCUT2D eigenvalue weighted by Crippen LogP contribution is 2.49. The topological polar surface area (TPSA) is 541 Å². The van der Waals surface area contributed by atoms with Gasteiger partial charge in [0.2, 0.25) is 47.3 Å². The number of carbonyl (C=O) groups excluding carboxylic acids is 8. The fraction of sp³-hybridized carbons (Fsp3) is 0.879. The van der Waals surface area contributed by atoms with Crippen molar-refractivity contribution in [3.63, 3.8) is 0 Å². The van der Waals surface area contributed by atoms with Crippen molar-refractivity contribution in [2.45, 2.75) is 178 Å². The van der Waals surface area contributed by atoms with Gasteiger partial charge in [0, 0.05) is 85.6 Å². The summed E-state index contributed by atoms with van der Waals surface area (Å²) in [7, 11) is 0. The molecule has 16 N–H and O–H groups in total. The molecular weight excluding hydrogens is 1480 g/mol. The summed E-state index contributed by atoms with van der Waals surface area (Å²) < 4.78 is 73.1. The van der Waals surface area contributed by atoms with Crippen LogP contribution in [-0.4, -0.2) is 401 Å². The number of likely N-dealkylation sites (tertiary alicyclic amines) is 1. The minimum Gasteiger partial charge on any atom is -0.394 e. The Morgan fingerprint density at radius 1 is 0.481 bits per heavy atom. The number of ether oxygens (including phenoxy) is 12. The predicted molar refractivity (Wildman–Crippen MR) is 381 cm³/mol. The Labute approximate surface area is 634 Å². The fourth-order valence-corrected chi connectivity index (χ4v) is 15.3. The van der Waals surface area contributed by atoms with Gasteiger partial charge < -0.3 is 154 Å². The van der Waals surface area contributed by atoms with Gasteiger partial charge in [-0.3, -0.25) is 43.3 Å². The minimum absolute atomic E-state index is 0.0136. The third-order valence-corrected chi connectivity index (χ3v) is 19.6. The summed E-state index contributed by atoms with van der Waals surface area (Å²) >= 11 is 5.44. The van der Waals surface area contributed by atoms with Crippen LogP contribution in [0.15, 0.2) is 0 Å². The lowest BCUT2D eigenvalue weighted by Gasteiger charge is -2.42. The van der Waals surface area contributed by atoms with Crippen LogP contribution in [0.25, 0.3) is 0 Å². The smallest absolute Gasteiger partial charge is 0.239 e. The maximum absolute atomic E-state index is 14.1. The van der Waals surface area contributed by atoms with E-state index in [1.165, 1.54) is 25.7 Å². The number of amides is 8. The first-order valence-electron chi connectivity index (χ1n) is 36.4. The van der Waals surface area contributed by atoms with Gasteiger partial charge in [-0.05, 0) is 42.9 Å². The average Bonchev–Trinajstić information content (AvgIpc) is 0.816. The Bertz CT molecular complexity index is 2620. The molecule has 0 radical (unpaired) electrons. The van der Waals surface area contributed by atoms with Gasteiger partial charge in [-0.1, -0.05) is 20.8 Å². The average molecular weight is 1600 g/mol. The van der Waals surface area contributed by atoms with Gasteiger partial charge >= 0.3 is 0 Å². The zero-order valence-electron chi connectivity index (χ0n) is 62.7. The number of hydrogen-bond donors (Lipinski definition) is 16. The van der Waals surface area contributed by atoms with Gasteiger partial charge in [0.25, 0.3) is 0 Å². The summed E-state index contributed by atoms with van der Waals surface area (Å²) in [5, 5.41) is 107. The first kappa shape index (κ1) is 95.8. The molecule has 108 heavy (non-hydrogen) atoms. The molecule has 0 saturated carbocycles. The zero-order valence-corrected chi connectivity index (χ0v) is 64.4. The SMILES string of the molecule is CC(=O)NC1C(OCCOCCOCCNC(=O)CN(CCCN(CC(=O)NCCOCCOCCOC2OC(CO)C(O)C(O)C2NC(C)=O)C(=O)CCCC(=O)N2CCC(OP(O)(=S)CC(C)(C)C)CC2)CC(=O)NCCOCCOCCOC2OC(CO)C(O)C(O)C2NC(C)=O)OC(CO)C(O)C1O. The van der Waals surface area contributed by atoms with Crippen LogP contribution in [0.1, 0.15) is 80.1 Å². The molecule has 4 rings (SSSR count). The lowest BCUT2D eigenvalue weighted by Crippen LogP contribution is -2.64. The van der Waals surface area contributed by atoms with Gasteiger partial charge in [-0.2, -0.15) is 0 Å². The molecular formula is C66H120N9O31PS. The molecule has 4 aliphatic rings. The number of nitrogens with zero attached hydrogens (tertiary/aromatic N) is 3. The first-order valence-corrected chi connectivity index (χ1v) is 39.3. The van der Waals surface area contributed by atoms with Crippen LogP contribution in [0.4, 0.5) is 0 Å². The van der Waals surface area contributed by atoms with E-state index in [1.54, 1.807) is 9.80 Å². The fourth-order valence-electron chi connectivity index (χ4n) is 11.8. The second kappa shape index (κ2) is 52.0. The third kappa shape index (κ3) is 37.4. The van der Waals surface area contributed by atoms with Crippen LogP contribution >= 0.6 is 6.49 Å². The van der Waals surface area contributed by atoms with E-state index < -0.39 is 166 Å². The minimum atomic E-state index is -3.05. The quantitative estimate of drug-likeness (QED) is 0.0199. The van der Waals surface area contributed by atoms with Crippen molar-refractivity contribution >= 4 is 65.6 Å². The van der Waals surface area contributed by atoms with Crippen LogP contribution in [0.3, 0.4) is 0 Å². The number of aliphatic hydroxyl groups excluding tert-OH is 9. The summed E-state index contributed by atoms with van der Waals surface area (Å²) in [5.41, 5.74) is -0.236. The molecule has 4 heterocycles. The highest BCUT2D eigenvalue weighted by molar-refractivity contribution is 8.09. The summed E-state index contributed by atoms with van der Waals surface area (Å²) in [6.07, 6.45) is -14.7. The molecule has 8 amide bonds. The molecule has 0 aromatic carbocycles. The maximum Gasteiger partial charge on any atom is 0.239 e. The van der Waals surface area contributed by atoms with Crippen molar-refractivity contribution in [1.82, 2.24) is 46.6 Å². The maximum atomic E-state index is 14.1. The van der Waals surface area contributed by atoms with Crippen molar-refractivity contribution in [3.05, 3.63) is 0 Å². The summed E-state index contributed by atoms with van der Waals surface area (Å²) in [5.74, 6) is -3.63. The molecule has 4 fully saturated rings. The summed E-state index contributed by atoms with van der Waals surface area (Å²) in [4.78, 5) is 119. The van der Waals surface area contributed by atoms with Crippen molar-refractivity contribution in [2.24, 2.45) is 5.41 Å². The Morgan fingerprint density at radius 3 is 1.17 bits per heavy atom. The Balaban J connectivity index is 1.31. The lowest BCUT2D eigenvalue weighted by molar-refractivity contribution is -0.272. The molecule has 16 unspecified atom stereocenters. The number of rotatable bonds is 53. The normalized spacial score (nSPS) is 26.1. The van der Waals surface area contributed by atoms with Crippen LogP contribution < -0.4 is 31.9 Å². The number of carbonyl (C=O) groups is 8. The first-order chi connectivity index (χ1) is 51.4. The lowest BCUT2D eigenvalue weighted by atomic mass is 9.97.